The molecule has 4 rings (SSSR count). The molecule has 7 heteroatoms. The lowest BCUT2D eigenvalue weighted by atomic mass is 10.1. The van der Waals surface area contributed by atoms with Crippen LogP contribution < -0.4 is 11.0 Å². The summed E-state index contributed by atoms with van der Waals surface area (Å²) < 4.78 is 15.7. The number of carbonyl (C=O) groups excluding carboxylic acids is 1. The van der Waals surface area contributed by atoms with E-state index >= 15 is 0 Å². The first kappa shape index (κ1) is 20.8. The van der Waals surface area contributed by atoms with Crippen molar-refractivity contribution in [3.63, 3.8) is 0 Å². The van der Waals surface area contributed by atoms with Gasteiger partial charge in [-0.2, -0.15) is 4.98 Å². The Bertz CT molecular complexity index is 1350. The second-order valence-corrected chi connectivity index (χ2v) is 7.51. The van der Waals surface area contributed by atoms with Crippen molar-refractivity contribution in [2.75, 3.05) is 5.32 Å². The van der Waals surface area contributed by atoms with Crippen LogP contribution in [0.25, 0.3) is 22.2 Å². The molecule has 1 aromatic heterocycles. The Balaban J connectivity index is 1.76. The van der Waals surface area contributed by atoms with Crippen molar-refractivity contribution >= 4 is 34.1 Å². The minimum atomic E-state index is -0.648. The van der Waals surface area contributed by atoms with E-state index in [1.54, 1.807) is 42.5 Å². The van der Waals surface area contributed by atoms with Crippen LogP contribution in [0.4, 0.5) is 10.1 Å². The van der Waals surface area contributed by atoms with Gasteiger partial charge in [0, 0.05) is 21.7 Å². The van der Waals surface area contributed by atoms with Crippen LogP contribution in [0.15, 0.2) is 71.5 Å². The van der Waals surface area contributed by atoms with Crippen LogP contribution in [0.1, 0.15) is 12.5 Å². The van der Waals surface area contributed by atoms with Crippen LogP contribution in [0.2, 0.25) is 5.02 Å². The van der Waals surface area contributed by atoms with Gasteiger partial charge in [-0.3, -0.25) is 9.36 Å². The van der Waals surface area contributed by atoms with E-state index in [9.17, 15) is 14.0 Å². The molecule has 5 nitrogen and oxygen atoms in total. The van der Waals surface area contributed by atoms with Crippen LogP contribution in [-0.4, -0.2) is 15.5 Å². The van der Waals surface area contributed by atoms with Gasteiger partial charge < -0.3 is 5.32 Å². The summed E-state index contributed by atoms with van der Waals surface area (Å²) >= 11 is 6.16. The van der Waals surface area contributed by atoms with Gasteiger partial charge in [0.15, 0.2) is 0 Å². The van der Waals surface area contributed by atoms with Crippen LogP contribution in [0.5, 0.6) is 0 Å². The second kappa shape index (κ2) is 8.70. The number of halogens is 2. The zero-order valence-corrected chi connectivity index (χ0v) is 17.5. The quantitative estimate of drug-likeness (QED) is 0.476. The third kappa shape index (κ3) is 4.34. The van der Waals surface area contributed by atoms with Gasteiger partial charge in [0.1, 0.15) is 12.4 Å². The largest absolute Gasteiger partial charge is 0.349 e. The molecular formula is C24H19ClFN3O2. The van der Waals surface area contributed by atoms with E-state index in [0.717, 1.165) is 12.0 Å². The topological polar surface area (TPSA) is 64.0 Å². The molecule has 156 valence electrons. The van der Waals surface area contributed by atoms with Crippen LogP contribution in [-0.2, 0) is 17.8 Å². The van der Waals surface area contributed by atoms with Gasteiger partial charge >= 0.3 is 5.69 Å². The first-order valence-electron chi connectivity index (χ1n) is 9.80. The molecule has 1 heterocycles. The van der Waals surface area contributed by atoms with Gasteiger partial charge in [0.05, 0.1) is 11.2 Å². The Hall–Kier alpha value is -3.51. The van der Waals surface area contributed by atoms with Gasteiger partial charge in [0.25, 0.3) is 0 Å². The van der Waals surface area contributed by atoms with Crippen molar-refractivity contribution < 1.29 is 9.18 Å². The van der Waals surface area contributed by atoms with E-state index in [4.69, 9.17) is 11.6 Å². The highest BCUT2D eigenvalue weighted by Gasteiger charge is 2.17. The lowest BCUT2D eigenvalue weighted by Gasteiger charge is -2.14. The van der Waals surface area contributed by atoms with Crippen LogP contribution in [0.3, 0.4) is 0 Å². The Morgan fingerprint density at radius 2 is 1.90 bits per heavy atom. The molecule has 0 atom stereocenters. The summed E-state index contributed by atoms with van der Waals surface area (Å²) in [6.45, 7) is 1.79. The summed E-state index contributed by atoms with van der Waals surface area (Å²) in [5.41, 5.74) is 1.92. The number of fused-ring (bicyclic) bond motifs is 1. The Labute approximate surface area is 183 Å². The molecule has 0 fully saturated rings. The molecule has 3 aromatic carbocycles. The number of rotatable bonds is 5. The fourth-order valence-corrected chi connectivity index (χ4v) is 3.65. The molecule has 0 aliphatic rings. The predicted octanol–water partition coefficient (Wildman–Crippen LogP) is 5.06. The summed E-state index contributed by atoms with van der Waals surface area (Å²) in [6.07, 6.45) is 0.843. The Morgan fingerprint density at radius 1 is 1.10 bits per heavy atom. The van der Waals surface area contributed by atoms with E-state index in [-0.39, 0.29) is 23.7 Å². The van der Waals surface area contributed by atoms with Crippen molar-refractivity contribution in [1.29, 1.82) is 0 Å². The highest BCUT2D eigenvalue weighted by Crippen LogP contribution is 2.29. The predicted molar refractivity (Wildman–Crippen MR) is 121 cm³/mol. The molecule has 0 unspecified atom stereocenters. The normalized spacial score (nSPS) is 10.9. The minimum absolute atomic E-state index is 0.188. The molecule has 1 N–H and O–H groups in total. The summed E-state index contributed by atoms with van der Waals surface area (Å²) in [4.78, 5) is 29.6. The van der Waals surface area contributed by atoms with Crippen molar-refractivity contribution in [2.45, 2.75) is 19.9 Å². The van der Waals surface area contributed by atoms with Gasteiger partial charge in [-0.1, -0.05) is 42.8 Å². The second-order valence-electron chi connectivity index (χ2n) is 7.07. The average Bonchev–Trinajstić information content (AvgIpc) is 2.76. The van der Waals surface area contributed by atoms with Gasteiger partial charge in [-0.25, -0.2) is 9.18 Å². The molecule has 1 amide bonds. The maximum Gasteiger partial charge on any atom is 0.349 e. The zero-order chi connectivity index (χ0) is 22.0. The average molecular weight is 436 g/mol. The monoisotopic (exact) mass is 435 g/mol. The van der Waals surface area contributed by atoms with E-state index in [0.29, 0.717) is 21.6 Å². The third-order valence-electron chi connectivity index (χ3n) is 4.99. The lowest BCUT2D eigenvalue weighted by Crippen LogP contribution is -2.30. The summed E-state index contributed by atoms with van der Waals surface area (Å²) in [5.74, 6) is -0.867. The fourth-order valence-electron chi connectivity index (χ4n) is 3.48. The Morgan fingerprint density at radius 3 is 2.68 bits per heavy atom. The summed E-state index contributed by atoms with van der Waals surface area (Å²) in [6, 6.07) is 18.5. The van der Waals surface area contributed by atoms with E-state index in [1.807, 2.05) is 25.1 Å². The standard InChI is InChI=1S/C24H19ClFN3O2/c1-2-15-6-5-7-17(12-15)27-22(30)14-29-21-11-10-16(25)13-19(21)23(28-24(29)31)18-8-3-4-9-20(18)26/h3-13H,2,14H2,1H3,(H,27,30). The minimum Gasteiger partial charge on any atom is -0.325 e. The van der Waals surface area contributed by atoms with Crippen molar-refractivity contribution in [3.8, 4) is 11.3 Å². The highest BCUT2D eigenvalue weighted by molar-refractivity contribution is 6.31. The lowest BCUT2D eigenvalue weighted by molar-refractivity contribution is -0.116. The first-order chi connectivity index (χ1) is 15.0. The number of nitrogens with one attached hydrogen (secondary N) is 1. The summed E-state index contributed by atoms with van der Waals surface area (Å²) in [7, 11) is 0. The smallest absolute Gasteiger partial charge is 0.325 e. The van der Waals surface area contributed by atoms with Gasteiger partial charge in [-0.05, 0) is 54.4 Å². The number of hydrogen-bond acceptors (Lipinski definition) is 3. The highest BCUT2D eigenvalue weighted by atomic mass is 35.5. The number of carbonyl (C=O) groups is 1. The zero-order valence-electron chi connectivity index (χ0n) is 16.7. The number of aromatic nitrogens is 2. The van der Waals surface area contributed by atoms with Gasteiger partial charge in [-0.15, -0.1) is 0 Å². The SMILES string of the molecule is CCc1cccc(NC(=O)Cn2c(=O)nc(-c3ccccc3F)c3cc(Cl)ccc32)c1. The van der Waals surface area contributed by atoms with Crippen LogP contribution >= 0.6 is 11.6 Å². The first-order valence-corrected chi connectivity index (χ1v) is 10.2. The van der Waals surface area contributed by atoms with E-state index in [1.165, 1.54) is 10.6 Å². The van der Waals surface area contributed by atoms with Crippen LogP contribution in [0, 0.1) is 5.82 Å². The molecule has 0 radical (unpaired) electrons. The molecule has 4 aromatic rings. The molecule has 0 bridgehead atoms. The number of aryl methyl sites for hydroxylation is 1. The molecule has 0 spiro atoms. The van der Waals surface area contributed by atoms with Crippen molar-refractivity contribution in [2.24, 2.45) is 0 Å². The summed E-state index contributed by atoms with van der Waals surface area (Å²) in [5, 5.41) is 3.71. The number of benzene rings is 3. The maximum absolute atomic E-state index is 14.4. The maximum atomic E-state index is 14.4. The van der Waals surface area contributed by atoms with E-state index < -0.39 is 11.5 Å². The Kier molecular flexibility index (Phi) is 5.82. The molecule has 0 aliphatic heterocycles. The molecule has 0 saturated heterocycles. The molecule has 0 saturated carbocycles. The third-order valence-corrected chi connectivity index (χ3v) is 5.23. The number of amides is 1. The number of anilines is 1. The van der Waals surface area contributed by atoms with Gasteiger partial charge in [0.2, 0.25) is 5.91 Å². The fraction of sp³-hybridized carbons (Fsp3) is 0.125. The molecule has 0 aliphatic carbocycles. The van der Waals surface area contributed by atoms with E-state index in [2.05, 4.69) is 10.3 Å². The van der Waals surface area contributed by atoms with Crippen molar-refractivity contribution in [1.82, 2.24) is 9.55 Å². The van der Waals surface area contributed by atoms with Crippen molar-refractivity contribution in [3.05, 3.63) is 93.6 Å². The molecule has 31 heavy (non-hydrogen) atoms. The number of nitrogens with zero attached hydrogens (tertiary/aromatic N) is 2. The number of hydrogen-bond donors (Lipinski definition) is 1. The molecular weight excluding hydrogens is 417 g/mol.